The molecule has 2 aliphatic rings. The number of hydrogen-bond acceptors (Lipinski definition) is 3. The molecule has 1 aromatic carbocycles. The standard InChI is InChI=1S/C11H8N4O2S/c16-9-7-8(10(17)14-13-9)15(11(18)12-7)6-4-2-1-3-5-6/h1-5,7-8H,(H,12,18). The van der Waals surface area contributed by atoms with Gasteiger partial charge in [0, 0.05) is 5.69 Å². The molecule has 2 atom stereocenters. The van der Waals surface area contributed by atoms with Crippen molar-refractivity contribution in [3.8, 4) is 0 Å². The number of rotatable bonds is 1. The van der Waals surface area contributed by atoms with Gasteiger partial charge in [-0.3, -0.25) is 9.59 Å². The number of thiocarbonyl (C=S) groups is 1. The molecule has 3 rings (SSSR count). The minimum absolute atomic E-state index is 0.338. The Morgan fingerprint density at radius 2 is 1.78 bits per heavy atom. The molecule has 2 amide bonds. The number of nitrogens with one attached hydrogen (secondary N) is 1. The zero-order valence-electron chi connectivity index (χ0n) is 9.11. The number of amides is 2. The lowest BCUT2D eigenvalue weighted by Crippen LogP contribution is -2.48. The Balaban J connectivity index is 2.05. The van der Waals surface area contributed by atoms with Gasteiger partial charge < -0.3 is 10.2 Å². The Labute approximate surface area is 108 Å². The summed E-state index contributed by atoms with van der Waals surface area (Å²) in [5.74, 6) is -0.934. The summed E-state index contributed by atoms with van der Waals surface area (Å²) in [4.78, 5) is 25.0. The van der Waals surface area contributed by atoms with Crippen LogP contribution >= 0.6 is 12.2 Å². The maximum atomic E-state index is 11.8. The second-order valence-corrected chi connectivity index (χ2v) is 4.34. The average molecular weight is 260 g/mol. The van der Waals surface area contributed by atoms with Crippen LogP contribution in [0.25, 0.3) is 0 Å². The van der Waals surface area contributed by atoms with Crippen molar-refractivity contribution < 1.29 is 9.59 Å². The summed E-state index contributed by atoms with van der Waals surface area (Å²) in [6.45, 7) is 0. The van der Waals surface area contributed by atoms with E-state index < -0.39 is 23.9 Å². The van der Waals surface area contributed by atoms with Crippen molar-refractivity contribution in [2.24, 2.45) is 10.2 Å². The Bertz CT molecular complexity index is 572. The third-order valence-corrected chi connectivity index (χ3v) is 3.21. The van der Waals surface area contributed by atoms with E-state index in [0.29, 0.717) is 5.11 Å². The van der Waals surface area contributed by atoms with E-state index in [4.69, 9.17) is 12.2 Å². The molecule has 0 saturated carbocycles. The van der Waals surface area contributed by atoms with E-state index in [-0.39, 0.29) is 0 Å². The lowest BCUT2D eigenvalue weighted by Gasteiger charge is -2.24. The molecule has 18 heavy (non-hydrogen) atoms. The van der Waals surface area contributed by atoms with Gasteiger partial charge in [0.05, 0.1) is 0 Å². The highest BCUT2D eigenvalue weighted by Crippen LogP contribution is 2.26. The first kappa shape index (κ1) is 11.0. The molecule has 1 saturated heterocycles. The van der Waals surface area contributed by atoms with E-state index in [1.54, 1.807) is 4.90 Å². The van der Waals surface area contributed by atoms with Crippen molar-refractivity contribution in [2.75, 3.05) is 4.90 Å². The van der Waals surface area contributed by atoms with Crippen LogP contribution < -0.4 is 10.2 Å². The van der Waals surface area contributed by atoms with Gasteiger partial charge in [-0.2, -0.15) is 0 Å². The van der Waals surface area contributed by atoms with E-state index in [1.165, 1.54) is 0 Å². The van der Waals surface area contributed by atoms with Gasteiger partial charge in [-0.1, -0.05) is 18.2 Å². The van der Waals surface area contributed by atoms with E-state index in [9.17, 15) is 9.59 Å². The van der Waals surface area contributed by atoms with E-state index in [0.717, 1.165) is 5.69 Å². The highest BCUT2D eigenvalue weighted by molar-refractivity contribution is 7.80. The number of carbonyl (C=O) groups excluding carboxylic acids is 2. The van der Waals surface area contributed by atoms with Crippen LogP contribution in [-0.4, -0.2) is 29.0 Å². The Kier molecular flexibility index (Phi) is 2.41. The van der Waals surface area contributed by atoms with Gasteiger partial charge in [-0.05, 0) is 24.4 Å². The molecule has 6 nitrogen and oxygen atoms in total. The number of para-hydroxylation sites is 1. The predicted molar refractivity (Wildman–Crippen MR) is 67.1 cm³/mol. The molecular formula is C11H8N4O2S. The fraction of sp³-hybridized carbons (Fsp3) is 0.182. The van der Waals surface area contributed by atoms with Crippen LogP contribution in [0.2, 0.25) is 0 Å². The molecule has 0 radical (unpaired) electrons. The summed E-state index contributed by atoms with van der Waals surface area (Å²) in [6, 6.07) is 7.71. The second-order valence-electron chi connectivity index (χ2n) is 3.95. The summed E-state index contributed by atoms with van der Waals surface area (Å²) in [6.07, 6.45) is 0. The fourth-order valence-electron chi connectivity index (χ4n) is 2.09. The van der Waals surface area contributed by atoms with Crippen LogP contribution in [-0.2, 0) is 9.59 Å². The number of carbonyl (C=O) groups is 2. The van der Waals surface area contributed by atoms with Gasteiger partial charge in [0.2, 0.25) is 0 Å². The SMILES string of the molecule is O=C1N=NC(=O)C2C1NC(=S)N2c1ccccc1. The van der Waals surface area contributed by atoms with Gasteiger partial charge in [-0.15, -0.1) is 10.2 Å². The molecule has 0 aliphatic carbocycles. The lowest BCUT2D eigenvalue weighted by molar-refractivity contribution is -0.129. The first-order chi connectivity index (χ1) is 8.68. The van der Waals surface area contributed by atoms with Crippen molar-refractivity contribution in [3.63, 3.8) is 0 Å². The summed E-state index contributed by atoms with van der Waals surface area (Å²) < 4.78 is 0. The van der Waals surface area contributed by atoms with Crippen molar-refractivity contribution in [1.82, 2.24) is 5.32 Å². The van der Waals surface area contributed by atoms with Crippen LogP contribution in [0.1, 0.15) is 0 Å². The maximum absolute atomic E-state index is 11.8. The Morgan fingerprint density at radius 1 is 1.11 bits per heavy atom. The average Bonchev–Trinajstić information content (AvgIpc) is 2.74. The lowest BCUT2D eigenvalue weighted by atomic mass is 10.1. The molecule has 90 valence electrons. The minimum Gasteiger partial charge on any atom is -0.348 e. The van der Waals surface area contributed by atoms with Gasteiger partial charge in [0.25, 0.3) is 11.8 Å². The maximum Gasteiger partial charge on any atom is 0.290 e. The van der Waals surface area contributed by atoms with Crippen molar-refractivity contribution in [3.05, 3.63) is 30.3 Å². The molecule has 2 aliphatic heterocycles. The molecule has 0 aromatic heterocycles. The normalized spacial score (nSPS) is 26.2. The van der Waals surface area contributed by atoms with Crippen LogP contribution in [0, 0.1) is 0 Å². The Morgan fingerprint density at radius 3 is 2.50 bits per heavy atom. The fourth-order valence-corrected chi connectivity index (χ4v) is 2.44. The smallest absolute Gasteiger partial charge is 0.290 e. The zero-order valence-corrected chi connectivity index (χ0v) is 9.92. The molecule has 1 fully saturated rings. The van der Waals surface area contributed by atoms with Crippen molar-refractivity contribution >= 4 is 34.8 Å². The van der Waals surface area contributed by atoms with Gasteiger partial charge in [0.15, 0.2) is 5.11 Å². The van der Waals surface area contributed by atoms with E-state index >= 15 is 0 Å². The summed E-state index contributed by atoms with van der Waals surface area (Å²) >= 11 is 5.17. The number of benzene rings is 1. The van der Waals surface area contributed by atoms with E-state index in [1.807, 2.05) is 30.3 Å². The summed E-state index contributed by atoms with van der Waals surface area (Å²) in [5, 5.41) is 9.82. The molecule has 0 bridgehead atoms. The molecule has 0 spiro atoms. The molecule has 1 aromatic rings. The Hall–Kier alpha value is -2.15. The molecule has 1 N–H and O–H groups in total. The topological polar surface area (TPSA) is 74.1 Å². The number of hydrogen-bond donors (Lipinski definition) is 1. The number of anilines is 1. The number of fused-ring (bicyclic) bond motifs is 1. The van der Waals surface area contributed by atoms with E-state index in [2.05, 4.69) is 15.5 Å². The monoisotopic (exact) mass is 260 g/mol. The zero-order chi connectivity index (χ0) is 12.7. The first-order valence-electron chi connectivity index (χ1n) is 5.33. The predicted octanol–water partition coefficient (Wildman–Crippen LogP) is 0.637. The first-order valence-corrected chi connectivity index (χ1v) is 5.73. The second kappa shape index (κ2) is 3.95. The molecule has 7 heteroatoms. The van der Waals surface area contributed by atoms with Gasteiger partial charge in [-0.25, -0.2) is 0 Å². The third-order valence-electron chi connectivity index (χ3n) is 2.89. The highest BCUT2D eigenvalue weighted by atomic mass is 32.1. The molecule has 2 unspecified atom stereocenters. The minimum atomic E-state index is -0.734. The van der Waals surface area contributed by atoms with Crippen molar-refractivity contribution in [2.45, 2.75) is 12.1 Å². The highest BCUT2D eigenvalue weighted by Gasteiger charge is 2.48. The quantitative estimate of drug-likeness (QED) is 0.750. The van der Waals surface area contributed by atoms with Crippen LogP contribution in [0.5, 0.6) is 0 Å². The largest absolute Gasteiger partial charge is 0.348 e. The summed E-state index contributed by atoms with van der Waals surface area (Å²) in [5.41, 5.74) is 0.751. The van der Waals surface area contributed by atoms with Gasteiger partial charge in [0.1, 0.15) is 12.1 Å². The van der Waals surface area contributed by atoms with Crippen LogP contribution in [0.15, 0.2) is 40.6 Å². The van der Waals surface area contributed by atoms with Crippen molar-refractivity contribution in [1.29, 1.82) is 0 Å². The number of azo groups is 1. The number of nitrogens with zero attached hydrogens (tertiary/aromatic N) is 3. The van der Waals surface area contributed by atoms with Crippen LogP contribution in [0.3, 0.4) is 0 Å². The third kappa shape index (κ3) is 1.52. The molecular weight excluding hydrogens is 252 g/mol. The van der Waals surface area contributed by atoms with Gasteiger partial charge >= 0.3 is 0 Å². The molecule has 2 heterocycles. The van der Waals surface area contributed by atoms with Crippen LogP contribution in [0.4, 0.5) is 5.69 Å². The summed E-state index contributed by atoms with van der Waals surface area (Å²) in [7, 11) is 0.